The second-order valence-corrected chi connectivity index (χ2v) is 4.17. The summed E-state index contributed by atoms with van der Waals surface area (Å²) in [5, 5.41) is 2.57. The van der Waals surface area contributed by atoms with Gasteiger partial charge >= 0.3 is 0 Å². The zero-order chi connectivity index (χ0) is 15.1. The van der Waals surface area contributed by atoms with Crippen LogP contribution in [0.5, 0.6) is 5.75 Å². The number of carbonyl (C=O) groups excluding carboxylic acids is 2. The summed E-state index contributed by atoms with van der Waals surface area (Å²) in [7, 11) is 1.46. The molecule has 0 radical (unpaired) electrons. The first kappa shape index (κ1) is 15.8. The van der Waals surface area contributed by atoms with Crippen molar-refractivity contribution in [3.8, 4) is 5.75 Å². The molecule has 0 heterocycles. The number of nitrogen functional groups attached to an aromatic ring is 1. The van der Waals surface area contributed by atoms with E-state index in [1.807, 2.05) is 13.8 Å². The number of anilines is 1. The summed E-state index contributed by atoms with van der Waals surface area (Å²) in [6.07, 6.45) is 0. The van der Waals surface area contributed by atoms with Gasteiger partial charge in [-0.05, 0) is 26.0 Å². The number of ether oxygens (including phenoxy) is 1. The molecule has 0 fully saturated rings. The third kappa shape index (κ3) is 3.63. The topological polar surface area (TPSA) is 84.7 Å². The van der Waals surface area contributed by atoms with Crippen molar-refractivity contribution in [3.63, 3.8) is 0 Å². The second-order valence-electron chi connectivity index (χ2n) is 4.17. The summed E-state index contributed by atoms with van der Waals surface area (Å²) in [4.78, 5) is 25.6. The van der Waals surface area contributed by atoms with E-state index in [-0.39, 0.29) is 18.0 Å². The Bertz CT molecular complexity index is 485. The van der Waals surface area contributed by atoms with E-state index in [9.17, 15) is 9.59 Å². The van der Waals surface area contributed by atoms with Crippen LogP contribution in [-0.4, -0.2) is 43.5 Å². The van der Waals surface area contributed by atoms with Gasteiger partial charge in [-0.15, -0.1) is 0 Å². The number of nitrogens with zero attached hydrogens (tertiary/aromatic N) is 1. The molecule has 0 atom stereocenters. The van der Waals surface area contributed by atoms with Gasteiger partial charge in [0.2, 0.25) is 5.91 Å². The average molecular weight is 279 g/mol. The van der Waals surface area contributed by atoms with E-state index in [2.05, 4.69) is 5.32 Å². The molecule has 1 aromatic rings. The van der Waals surface area contributed by atoms with Gasteiger partial charge in [-0.3, -0.25) is 9.59 Å². The van der Waals surface area contributed by atoms with Crippen LogP contribution >= 0.6 is 0 Å². The fourth-order valence-corrected chi connectivity index (χ4v) is 1.89. The molecule has 2 amide bonds. The second kappa shape index (κ2) is 7.37. The molecule has 0 aliphatic heterocycles. The molecular formula is C14H21N3O3. The molecule has 3 N–H and O–H groups in total. The van der Waals surface area contributed by atoms with Crippen molar-refractivity contribution in [2.24, 2.45) is 0 Å². The number of benzene rings is 1. The minimum absolute atomic E-state index is 0.0575. The van der Waals surface area contributed by atoms with Gasteiger partial charge in [0.1, 0.15) is 11.3 Å². The van der Waals surface area contributed by atoms with Crippen molar-refractivity contribution < 1.29 is 14.3 Å². The first-order valence-electron chi connectivity index (χ1n) is 6.53. The highest BCUT2D eigenvalue weighted by Gasteiger charge is 2.17. The first-order valence-corrected chi connectivity index (χ1v) is 6.53. The predicted molar refractivity (Wildman–Crippen MR) is 77.7 cm³/mol. The standard InChI is InChI=1S/C14H21N3O3/c1-4-17(5-2)12(18)9-16-14(19)13-10(15)7-6-8-11(13)20-3/h6-8H,4-5,9,15H2,1-3H3,(H,16,19). The molecule has 6 nitrogen and oxygen atoms in total. The number of nitrogens with two attached hydrogens (primary N) is 1. The summed E-state index contributed by atoms with van der Waals surface area (Å²) in [5.74, 6) is -0.157. The largest absolute Gasteiger partial charge is 0.496 e. The lowest BCUT2D eigenvalue weighted by atomic mass is 10.1. The summed E-state index contributed by atoms with van der Waals surface area (Å²) >= 11 is 0. The molecule has 20 heavy (non-hydrogen) atoms. The van der Waals surface area contributed by atoms with Crippen LogP contribution in [0.15, 0.2) is 18.2 Å². The first-order chi connectivity index (χ1) is 9.54. The fourth-order valence-electron chi connectivity index (χ4n) is 1.89. The van der Waals surface area contributed by atoms with E-state index >= 15 is 0 Å². The lowest BCUT2D eigenvalue weighted by molar-refractivity contribution is -0.129. The Morgan fingerprint density at radius 3 is 2.50 bits per heavy atom. The molecule has 0 aromatic heterocycles. The van der Waals surface area contributed by atoms with Crippen LogP contribution in [0.3, 0.4) is 0 Å². The van der Waals surface area contributed by atoms with E-state index in [1.165, 1.54) is 7.11 Å². The molecule has 1 aromatic carbocycles. The van der Waals surface area contributed by atoms with Gasteiger partial charge in [0, 0.05) is 18.8 Å². The maximum atomic E-state index is 12.1. The summed E-state index contributed by atoms with van der Waals surface area (Å²) in [6.45, 7) is 4.95. The number of amides is 2. The fraction of sp³-hybridized carbons (Fsp3) is 0.429. The van der Waals surface area contributed by atoms with Crippen LogP contribution in [0.4, 0.5) is 5.69 Å². The summed E-state index contributed by atoms with van der Waals surface area (Å²) in [5.41, 5.74) is 6.35. The van der Waals surface area contributed by atoms with Gasteiger partial charge in [-0.1, -0.05) is 6.07 Å². The van der Waals surface area contributed by atoms with Crippen molar-refractivity contribution in [1.82, 2.24) is 10.2 Å². The number of hydrogen-bond donors (Lipinski definition) is 2. The molecule has 6 heteroatoms. The highest BCUT2D eigenvalue weighted by molar-refractivity contribution is 6.03. The van der Waals surface area contributed by atoms with E-state index in [0.717, 1.165) is 0 Å². The van der Waals surface area contributed by atoms with Crippen molar-refractivity contribution in [2.45, 2.75) is 13.8 Å². The van der Waals surface area contributed by atoms with Crippen molar-refractivity contribution >= 4 is 17.5 Å². The predicted octanol–water partition coefficient (Wildman–Crippen LogP) is 0.876. The molecule has 0 spiro atoms. The van der Waals surface area contributed by atoms with E-state index in [0.29, 0.717) is 24.5 Å². The molecule has 0 bridgehead atoms. The maximum Gasteiger partial charge on any atom is 0.257 e. The highest BCUT2D eigenvalue weighted by Crippen LogP contribution is 2.23. The van der Waals surface area contributed by atoms with Crippen LogP contribution in [0, 0.1) is 0 Å². The molecule has 1 rings (SSSR count). The molecular weight excluding hydrogens is 258 g/mol. The van der Waals surface area contributed by atoms with Crippen LogP contribution in [-0.2, 0) is 4.79 Å². The van der Waals surface area contributed by atoms with Gasteiger partial charge < -0.3 is 20.7 Å². The summed E-state index contributed by atoms with van der Waals surface area (Å²) in [6, 6.07) is 4.97. The molecule has 0 saturated carbocycles. The van der Waals surface area contributed by atoms with Gasteiger partial charge in [0.05, 0.1) is 13.7 Å². The van der Waals surface area contributed by atoms with Gasteiger partial charge in [0.15, 0.2) is 0 Å². The smallest absolute Gasteiger partial charge is 0.257 e. The number of likely N-dealkylation sites (N-methyl/N-ethyl adjacent to an activating group) is 1. The number of rotatable bonds is 6. The van der Waals surface area contributed by atoms with Crippen molar-refractivity contribution in [1.29, 1.82) is 0 Å². The van der Waals surface area contributed by atoms with Crippen molar-refractivity contribution in [3.05, 3.63) is 23.8 Å². The lowest BCUT2D eigenvalue weighted by Gasteiger charge is -2.19. The Kier molecular flexibility index (Phi) is 5.83. The Hall–Kier alpha value is -2.24. The monoisotopic (exact) mass is 279 g/mol. The number of carbonyl (C=O) groups is 2. The molecule has 0 aliphatic rings. The Morgan fingerprint density at radius 1 is 1.30 bits per heavy atom. The third-order valence-corrected chi connectivity index (χ3v) is 3.02. The van der Waals surface area contributed by atoms with E-state index in [4.69, 9.17) is 10.5 Å². The van der Waals surface area contributed by atoms with Gasteiger partial charge in [0.25, 0.3) is 5.91 Å². The third-order valence-electron chi connectivity index (χ3n) is 3.02. The minimum Gasteiger partial charge on any atom is -0.496 e. The SMILES string of the molecule is CCN(CC)C(=O)CNC(=O)c1c(N)cccc1OC. The van der Waals surface area contributed by atoms with Gasteiger partial charge in [-0.25, -0.2) is 0 Å². The number of hydrogen-bond acceptors (Lipinski definition) is 4. The number of nitrogens with one attached hydrogen (secondary N) is 1. The quantitative estimate of drug-likeness (QED) is 0.757. The lowest BCUT2D eigenvalue weighted by Crippen LogP contribution is -2.40. The van der Waals surface area contributed by atoms with Crippen LogP contribution < -0.4 is 15.8 Å². The Morgan fingerprint density at radius 2 is 1.95 bits per heavy atom. The van der Waals surface area contributed by atoms with Gasteiger partial charge in [-0.2, -0.15) is 0 Å². The maximum absolute atomic E-state index is 12.1. The van der Waals surface area contributed by atoms with E-state index < -0.39 is 5.91 Å². The van der Waals surface area contributed by atoms with E-state index in [1.54, 1.807) is 23.1 Å². The highest BCUT2D eigenvalue weighted by atomic mass is 16.5. The summed E-state index contributed by atoms with van der Waals surface area (Å²) < 4.78 is 5.11. The normalized spacial score (nSPS) is 9.95. The average Bonchev–Trinajstić information content (AvgIpc) is 2.45. The molecule has 0 unspecified atom stereocenters. The zero-order valence-electron chi connectivity index (χ0n) is 12.1. The zero-order valence-corrected chi connectivity index (χ0v) is 12.1. The molecule has 0 saturated heterocycles. The Balaban J connectivity index is 2.75. The Labute approximate surface area is 118 Å². The van der Waals surface area contributed by atoms with Crippen LogP contribution in [0.1, 0.15) is 24.2 Å². The number of methoxy groups -OCH3 is 1. The molecule has 0 aliphatic carbocycles. The van der Waals surface area contributed by atoms with Crippen LogP contribution in [0.25, 0.3) is 0 Å². The van der Waals surface area contributed by atoms with Crippen LogP contribution in [0.2, 0.25) is 0 Å². The van der Waals surface area contributed by atoms with Crippen molar-refractivity contribution in [2.75, 3.05) is 32.5 Å². The molecule has 110 valence electrons. The minimum atomic E-state index is -0.416.